The Hall–Kier alpha value is -2.20. The van der Waals surface area contributed by atoms with Gasteiger partial charge in [0, 0.05) is 23.8 Å². The minimum absolute atomic E-state index is 0.0311. The van der Waals surface area contributed by atoms with Crippen LogP contribution in [0.15, 0.2) is 6.20 Å². The second-order valence-electron chi connectivity index (χ2n) is 9.50. The normalized spacial score (nSPS) is 29.7. The summed E-state index contributed by atoms with van der Waals surface area (Å²) in [6.45, 7) is 6.08. The van der Waals surface area contributed by atoms with Crippen LogP contribution >= 0.6 is 0 Å². The first-order valence-corrected chi connectivity index (χ1v) is 11.0. The fourth-order valence-electron chi connectivity index (χ4n) is 4.23. The lowest BCUT2D eigenvalue weighted by Gasteiger charge is -2.19. The van der Waals surface area contributed by atoms with Crippen LogP contribution in [-0.2, 0) is 16.0 Å². The highest BCUT2D eigenvalue weighted by Crippen LogP contribution is 2.36. The summed E-state index contributed by atoms with van der Waals surface area (Å²) in [6, 6.07) is 0.465. The van der Waals surface area contributed by atoms with Gasteiger partial charge in [-0.3, -0.25) is 10.2 Å². The van der Waals surface area contributed by atoms with E-state index in [2.05, 4.69) is 31.8 Å². The molecule has 2 aliphatic carbocycles. The van der Waals surface area contributed by atoms with Crippen LogP contribution in [0.4, 0.5) is 4.79 Å². The number of nitrogens with zero attached hydrogens (tertiary/aromatic N) is 3. The van der Waals surface area contributed by atoms with Crippen molar-refractivity contribution in [3.63, 3.8) is 0 Å². The molecule has 1 aromatic heterocycles. The number of alkyl carbamates (subject to hydrolysis) is 1. The van der Waals surface area contributed by atoms with Crippen LogP contribution in [0.3, 0.4) is 0 Å². The Labute approximate surface area is 176 Å². The second-order valence-corrected chi connectivity index (χ2v) is 9.50. The second kappa shape index (κ2) is 8.50. The molecule has 4 N–H and O–H groups in total. The van der Waals surface area contributed by atoms with Crippen molar-refractivity contribution >= 4 is 12.0 Å². The third-order valence-electron chi connectivity index (χ3n) is 6.37. The maximum atomic E-state index is 12.3. The van der Waals surface area contributed by atoms with Gasteiger partial charge in [0.05, 0.1) is 18.3 Å². The Kier molecular flexibility index (Phi) is 5.97. The first kappa shape index (κ1) is 21.0. The maximum Gasteiger partial charge on any atom is 0.407 e. The molecule has 2 heterocycles. The number of nitrogens with one attached hydrogen (secondary N) is 4. The molecular formula is C20H33N7O3. The Morgan fingerprint density at radius 1 is 1.30 bits per heavy atom. The van der Waals surface area contributed by atoms with E-state index in [1.165, 1.54) is 0 Å². The molecule has 0 bridgehead atoms. The summed E-state index contributed by atoms with van der Waals surface area (Å²) < 4.78 is 7.36. The number of hydrogen-bond donors (Lipinski definition) is 4. The standard InChI is InChI=1S/C20H33N7O3/c1-12(2)27-11-14(23-26-27)9-18(28)21-17-10-16(24-25-17)13-4-5-15(8-13)30-19(29)22-20(3)6-7-20/h11-13,15-17,24-25H,4-10H2,1-3H3,(H,21,28)(H,22,29)/t13-,15+,16?,17?/m0/s1. The highest BCUT2D eigenvalue weighted by molar-refractivity contribution is 5.78. The van der Waals surface area contributed by atoms with Gasteiger partial charge in [-0.2, -0.15) is 0 Å². The van der Waals surface area contributed by atoms with Crippen LogP contribution in [0.25, 0.3) is 0 Å². The largest absolute Gasteiger partial charge is 0.446 e. The Morgan fingerprint density at radius 3 is 2.80 bits per heavy atom. The molecule has 2 saturated carbocycles. The van der Waals surface area contributed by atoms with Crippen molar-refractivity contribution in [2.45, 2.75) is 95.6 Å². The van der Waals surface area contributed by atoms with Gasteiger partial charge in [-0.15, -0.1) is 5.10 Å². The zero-order chi connectivity index (χ0) is 21.3. The van der Waals surface area contributed by atoms with E-state index in [4.69, 9.17) is 4.74 Å². The predicted molar refractivity (Wildman–Crippen MR) is 109 cm³/mol. The molecule has 2 unspecified atom stereocenters. The van der Waals surface area contributed by atoms with Crippen molar-refractivity contribution in [3.8, 4) is 0 Å². The molecule has 1 aromatic rings. The van der Waals surface area contributed by atoms with Gasteiger partial charge in [0.2, 0.25) is 5.91 Å². The van der Waals surface area contributed by atoms with Crippen molar-refractivity contribution in [1.82, 2.24) is 36.5 Å². The molecule has 30 heavy (non-hydrogen) atoms. The smallest absolute Gasteiger partial charge is 0.407 e. The van der Waals surface area contributed by atoms with Crippen LogP contribution in [0.5, 0.6) is 0 Å². The fraction of sp³-hybridized carbons (Fsp3) is 0.800. The number of ether oxygens (including phenoxy) is 1. The van der Waals surface area contributed by atoms with Crippen molar-refractivity contribution in [3.05, 3.63) is 11.9 Å². The van der Waals surface area contributed by atoms with Gasteiger partial charge in [-0.05, 0) is 65.2 Å². The summed E-state index contributed by atoms with van der Waals surface area (Å²) in [5.74, 6) is 0.336. The van der Waals surface area contributed by atoms with Gasteiger partial charge in [0.1, 0.15) is 6.10 Å². The molecule has 1 aliphatic heterocycles. The molecule has 3 fully saturated rings. The molecule has 0 spiro atoms. The molecule has 0 aromatic carbocycles. The minimum Gasteiger partial charge on any atom is -0.446 e. The van der Waals surface area contributed by atoms with E-state index in [-0.39, 0.29) is 48.3 Å². The topological polar surface area (TPSA) is 122 Å². The Morgan fingerprint density at radius 2 is 2.10 bits per heavy atom. The molecule has 10 heteroatoms. The third kappa shape index (κ3) is 5.28. The maximum absolute atomic E-state index is 12.3. The van der Waals surface area contributed by atoms with Crippen molar-refractivity contribution < 1.29 is 14.3 Å². The van der Waals surface area contributed by atoms with Gasteiger partial charge in [0.25, 0.3) is 0 Å². The summed E-state index contributed by atoms with van der Waals surface area (Å²) >= 11 is 0. The zero-order valence-corrected chi connectivity index (χ0v) is 18.0. The summed E-state index contributed by atoms with van der Waals surface area (Å²) in [4.78, 5) is 24.4. The third-order valence-corrected chi connectivity index (χ3v) is 6.37. The van der Waals surface area contributed by atoms with E-state index in [0.29, 0.717) is 11.6 Å². The van der Waals surface area contributed by atoms with E-state index >= 15 is 0 Å². The number of hydrazine groups is 1. The highest BCUT2D eigenvalue weighted by Gasteiger charge is 2.41. The summed E-state index contributed by atoms with van der Waals surface area (Å²) in [5, 5.41) is 14.1. The van der Waals surface area contributed by atoms with Gasteiger partial charge in [-0.25, -0.2) is 14.9 Å². The lowest BCUT2D eigenvalue weighted by atomic mass is 9.96. The van der Waals surface area contributed by atoms with Gasteiger partial charge < -0.3 is 15.4 Å². The van der Waals surface area contributed by atoms with E-state index in [9.17, 15) is 9.59 Å². The average molecular weight is 420 g/mol. The van der Waals surface area contributed by atoms with Crippen molar-refractivity contribution in [2.75, 3.05) is 0 Å². The van der Waals surface area contributed by atoms with E-state index < -0.39 is 0 Å². The van der Waals surface area contributed by atoms with Crippen LogP contribution in [-0.4, -0.2) is 50.8 Å². The van der Waals surface area contributed by atoms with Crippen molar-refractivity contribution in [1.29, 1.82) is 0 Å². The van der Waals surface area contributed by atoms with E-state index in [0.717, 1.165) is 38.5 Å². The first-order chi connectivity index (χ1) is 14.3. The number of carbonyl (C=O) groups excluding carboxylic acids is 2. The van der Waals surface area contributed by atoms with Crippen LogP contribution in [0.2, 0.25) is 0 Å². The molecule has 166 valence electrons. The molecule has 10 nitrogen and oxygen atoms in total. The molecule has 2 amide bonds. The van der Waals surface area contributed by atoms with Crippen LogP contribution < -0.4 is 21.5 Å². The molecule has 0 radical (unpaired) electrons. The fourth-order valence-corrected chi connectivity index (χ4v) is 4.23. The Bertz CT molecular complexity index is 776. The summed E-state index contributed by atoms with van der Waals surface area (Å²) in [5.41, 5.74) is 7.09. The van der Waals surface area contributed by atoms with Gasteiger partial charge in [0.15, 0.2) is 0 Å². The Balaban J connectivity index is 1.18. The van der Waals surface area contributed by atoms with Crippen molar-refractivity contribution in [2.24, 2.45) is 5.92 Å². The SMILES string of the molecule is CC(C)n1cc(CC(=O)NC2CC([C@H]3CC[C@@H](OC(=O)NC4(C)CC4)C3)NN2)nn1. The molecule has 4 atom stereocenters. The van der Waals surface area contributed by atoms with E-state index in [1.807, 2.05) is 27.0 Å². The summed E-state index contributed by atoms with van der Waals surface area (Å²) in [6.07, 6.45) is 7.16. The molecule has 3 aliphatic rings. The number of aromatic nitrogens is 3. The number of rotatable bonds is 7. The first-order valence-electron chi connectivity index (χ1n) is 11.0. The zero-order valence-electron chi connectivity index (χ0n) is 18.0. The van der Waals surface area contributed by atoms with Crippen LogP contribution in [0.1, 0.15) is 71.0 Å². The number of amides is 2. The summed E-state index contributed by atoms with van der Waals surface area (Å²) in [7, 11) is 0. The average Bonchev–Trinajstić information content (AvgIpc) is 3.11. The lowest BCUT2D eigenvalue weighted by molar-refractivity contribution is -0.121. The molecule has 4 rings (SSSR count). The predicted octanol–water partition coefficient (Wildman–Crippen LogP) is 1.16. The molecular weight excluding hydrogens is 386 g/mol. The lowest BCUT2D eigenvalue weighted by Crippen LogP contribution is -2.45. The van der Waals surface area contributed by atoms with E-state index in [1.54, 1.807) is 4.68 Å². The molecule has 1 saturated heterocycles. The number of carbonyl (C=O) groups is 2. The highest BCUT2D eigenvalue weighted by atomic mass is 16.6. The van der Waals surface area contributed by atoms with Crippen LogP contribution in [0, 0.1) is 5.92 Å². The monoisotopic (exact) mass is 419 g/mol. The number of hydrogen-bond acceptors (Lipinski definition) is 7. The quantitative estimate of drug-likeness (QED) is 0.523. The minimum atomic E-state index is -0.294. The van der Waals surface area contributed by atoms with Gasteiger partial charge >= 0.3 is 6.09 Å². The van der Waals surface area contributed by atoms with Gasteiger partial charge in [-0.1, -0.05) is 5.21 Å².